The lowest BCUT2D eigenvalue weighted by Crippen LogP contribution is -2.34. The summed E-state index contributed by atoms with van der Waals surface area (Å²) in [6.07, 6.45) is 0. The van der Waals surface area contributed by atoms with Crippen LogP contribution in [0, 0.1) is 0 Å². The molecule has 1 heterocycles. The number of benzene rings is 2. The smallest absolute Gasteiger partial charge is 0.323 e. The van der Waals surface area contributed by atoms with Crippen LogP contribution in [0.1, 0.15) is 10.9 Å². The Balaban J connectivity index is 1.85. The number of anilines is 1. The van der Waals surface area contributed by atoms with E-state index in [2.05, 4.69) is 5.32 Å². The van der Waals surface area contributed by atoms with E-state index in [1.165, 1.54) is 0 Å². The van der Waals surface area contributed by atoms with E-state index in [0.29, 0.717) is 28.0 Å². The van der Waals surface area contributed by atoms with E-state index in [1.807, 2.05) is 18.2 Å². The van der Waals surface area contributed by atoms with Crippen LogP contribution < -0.4 is 14.8 Å². The Kier molecular flexibility index (Phi) is 6.06. The van der Waals surface area contributed by atoms with Gasteiger partial charge in [0, 0.05) is 22.9 Å². The van der Waals surface area contributed by atoms with E-state index in [4.69, 9.17) is 32.7 Å². The van der Waals surface area contributed by atoms with E-state index < -0.39 is 0 Å². The molecule has 26 heavy (non-hydrogen) atoms. The van der Waals surface area contributed by atoms with Crippen LogP contribution in [0.3, 0.4) is 0 Å². The van der Waals surface area contributed by atoms with Crippen molar-refractivity contribution in [2.45, 2.75) is 5.37 Å². The van der Waals surface area contributed by atoms with E-state index in [0.717, 1.165) is 17.1 Å². The molecular formula is C18H18Cl2N2O3S. The minimum Gasteiger partial charge on any atom is -0.497 e. The molecule has 1 fully saturated rings. The zero-order valence-corrected chi connectivity index (χ0v) is 16.6. The van der Waals surface area contributed by atoms with E-state index in [9.17, 15) is 4.79 Å². The quantitative estimate of drug-likeness (QED) is 0.740. The average Bonchev–Trinajstić information content (AvgIpc) is 3.13. The summed E-state index contributed by atoms with van der Waals surface area (Å²) in [6, 6.07) is 10.3. The Bertz CT molecular complexity index is 819. The number of halogens is 2. The van der Waals surface area contributed by atoms with Gasteiger partial charge in [0.25, 0.3) is 0 Å². The Labute approximate surface area is 166 Å². The van der Waals surface area contributed by atoms with Gasteiger partial charge in [0.05, 0.1) is 24.9 Å². The summed E-state index contributed by atoms with van der Waals surface area (Å²) in [5, 5.41) is 3.60. The Morgan fingerprint density at radius 3 is 2.69 bits per heavy atom. The SMILES string of the molecule is COc1ccc(OC)c([C@@H]2SCCN2C(=O)Nc2ccc(Cl)cc2Cl)c1. The van der Waals surface area contributed by atoms with E-state index in [1.54, 1.807) is 49.1 Å². The molecule has 1 aliphatic rings. The van der Waals surface area contributed by atoms with E-state index in [-0.39, 0.29) is 11.4 Å². The molecule has 0 aromatic heterocycles. The number of ether oxygens (including phenoxy) is 2. The Morgan fingerprint density at radius 1 is 1.19 bits per heavy atom. The molecule has 0 aliphatic carbocycles. The van der Waals surface area contributed by atoms with Crippen molar-refractivity contribution in [3.8, 4) is 11.5 Å². The third-order valence-corrected chi connectivity index (χ3v) is 5.82. The first-order valence-corrected chi connectivity index (χ1v) is 9.70. The number of methoxy groups -OCH3 is 2. The van der Waals surface area contributed by atoms with Gasteiger partial charge in [-0.1, -0.05) is 23.2 Å². The highest BCUT2D eigenvalue weighted by atomic mass is 35.5. The van der Waals surface area contributed by atoms with Crippen LogP contribution in [0.2, 0.25) is 10.0 Å². The predicted octanol–water partition coefficient (Wildman–Crippen LogP) is 5.29. The van der Waals surface area contributed by atoms with Crippen molar-refractivity contribution in [3.63, 3.8) is 0 Å². The molecule has 1 aliphatic heterocycles. The fourth-order valence-electron chi connectivity index (χ4n) is 2.75. The number of carbonyl (C=O) groups excluding carboxylic acids is 1. The molecule has 0 radical (unpaired) electrons. The molecule has 1 atom stereocenters. The van der Waals surface area contributed by atoms with Crippen molar-refractivity contribution in [2.24, 2.45) is 0 Å². The van der Waals surface area contributed by atoms with Crippen LogP contribution in [-0.2, 0) is 0 Å². The molecular weight excluding hydrogens is 395 g/mol. The molecule has 1 N–H and O–H groups in total. The molecule has 138 valence electrons. The second-order valence-electron chi connectivity index (χ2n) is 5.58. The number of urea groups is 1. The maximum absolute atomic E-state index is 12.8. The van der Waals surface area contributed by atoms with Gasteiger partial charge in [0.1, 0.15) is 16.9 Å². The van der Waals surface area contributed by atoms with Gasteiger partial charge in [-0.2, -0.15) is 0 Å². The lowest BCUT2D eigenvalue weighted by atomic mass is 10.1. The fraction of sp³-hybridized carbons (Fsp3) is 0.278. The number of nitrogens with one attached hydrogen (secondary N) is 1. The summed E-state index contributed by atoms with van der Waals surface area (Å²) < 4.78 is 10.8. The molecule has 0 spiro atoms. The van der Waals surface area contributed by atoms with Crippen molar-refractivity contribution in [1.29, 1.82) is 0 Å². The van der Waals surface area contributed by atoms with Crippen LogP contribution in [0.15, 0.2) is 36.4 Å². The van der Waals surface area contributed by atoms with Crippen molar-refractivity contribution in [2.75, 3.05) is 31.8 Å². The van der Waals surface area contributed by atoms with Gasteiger partial charge in [-0.15, -0.1) is 11.8 Å². The maximum Gasteiger partial charge on any atom is 0.323 e. The Hall–Kier alpha value is -1.76. The molecule has 1 saturated heterocycles. The topological polar surface area (TPSA) is 50.8 Å². The first-order chi connectivity index (χ1) is 12.5. The van der Waals surface area contributed by atoms with Crippen LogP contribution in [0.5, 0.6) is 11.5 Å². The Morgan fingerprint density at radius 2 is 2.00 bits per heavy atom. The number of carbonyl (C=O) groups is 1. The summed E-state index contributed by atoms with van der Waals surface area (Å²) in [6.45, 7) is 0.618. The third kappa shape index (κ3) is 3.98. The highest BCUT2D eigenvalue weighted by Crippen LogP contribution is 2.43. The van der Waals surface area contributed by atoms with E-state index >= 15 is 0 Å². The number of amides is 2. The molecule has 0 bridgehead atoms. The standard InChI is InChI=1S/C18H18Cl2N2O3S/c1-24-12-4-6-16(25-2)13(10-12)17-22(7-8-26-17)18(23)21-15-5-3-11(19)9-14(15)20/h3-6,9-10,17H,7-8H2,1-2H3,(H,21,23)/t17-/m0/s1. The zero-order valence-electron chi connectivity index (χ0n) is 14.3. The summed E-state index contributed by atoms with van der Waals surface area (Å²) in [4.78, 5) is 14.6. The van der Waals surface area contributed by atoms with Gasteiger partial charge in [-0.25, -0.2) is 4.79 Å². The number of hydrogen-bond acceptors (Lipinski definition) is 4. The molecule has 0 saturated carbocycles. The van der Waals surface area contributed by atoms with Crippen LogP contribution in [0.25, 0.3) is 0 Å². The zero-order chi connectivity index (χ0) is 18.7. The maximum atomic E-state index is 12.8. The predicted molar refractivity (Wildman–Crippen MR) is 107 cm³/mol. The minimum absolute atomic E-state index is 0.175. The second kappa shape index (κ2) is 8.29. The van der Waals surface area contributed by atoms with Crippen LogP contribution in [-0.4, -0.2) is 37.4 Å². The van der Waals surface area contributed by atoms with Crippen LogP contribution >= 0.6 is 35.0 Å². The molecule has 3 rings (SSSR count). The number of nitrogens with zero attached hydrogens (tertiary/aromatic N) is 1. The van der Waals surface area contributed by atoms with Gasteiger partial charge >= 0.3 is 6.03 Å². The lowest BCUT2D eigenvalue weighted by molar-refractivity contribution is 0.213. The first kappa shape index (κ1) is 19.0. The number of thioether (sulfide) groups is 1. The summed E-state index contributed by atoms with van der Waals surface area (Å²) in [5.74, 6) is 2.26. The number of rotatable bonds is 4. The second-order valence-corrected chi connectivity index (χ2v) is 7.61. The highest BCUT2D eigenvalue weighted by Gasteiger charge is 2.33. The summed E-state index contributed by atoms with van der Waals surface area (Å²) >= 11 is 13.7. The van der Waals surface area contributed by atoms with Crippen molar-refractivity contribution in [3.05, 3.63) is 52.0 Å². The first-order valence-electron chi connectivity index (χ1n) is 7.89. The molecule has 0 unspecified atom stereocenters. The van der Waals surface area contributed by atoms with Crippen molar-refractivity contribution in [1.82, 2.24) is 4.90 Å². The van der Waals surface area contributed by atoms with Gasteiger partial charge in [-0.05, 0) is 36.4 Å². The van der Waals surface area contributed by atoms with Gasteiger partial charge in [0.2, 0.25) is 0 Å². The highest BCUT2D eigenvalue weighted by molar-refractivity contribution is 7.99. The van der Waals surface area contributed by atoms with Gasteiger partial charge < -0.3 is 19.7 Å². The van der Waals surface area contributed by atoms with Crippen molar-refractivity contribution < 1.29 is 14.3 Å². The minimum atomic E-state index is -0.228. The number of hydrogen-bond donors (Lipinski definition) is 1. The van der Waals surface area contributed by atoms with Gasteiger partial charge in [-0.3, -0.25) is 0 Å². The molecule has 5 nitrogen and oxygen atoms in total. The largest absolute Gasteiger partial charge is 0.497 e. The monoisotopic (exact) mass is 412 g/mol. The molecule has 2 aromatic rings. The fourth-order valence-corrected chi connectivity index (χ4v) is 4.47. The molecule has 8 heteroatoms. The van der Waals surface area contributed by atoms with Gasteiger partial charge in [0.15, 0.2) is 0 Å². The average molecular weight is 413 g/mol. The molecule has 2 aromatic carbocycles. The summed E-state index contributed by atoms with van der Waals surface area (Å²) in [5.41, 5.74) is 1.42. The normalized spacial score (nSPS) is 16.5. The lowest BCUT2D eigenvalue weighted by Gasteiger charge is -2.26. The van der Waals surface area contributed by atoms with Crippen LogP contribution in [0.4, 0.5) is 10.5 Å². The molecule has 2 amide bonds. The third-order valence-electron chi connectivity index (χ3n) is 4.03. The summed E-state index contributed by atoms with van der Waals surface area (Å²) in [7, 11) is 3.23. The van der Waals surface area contributed by atoms with Crippen molar-refractivity contribution >= 4 is 46.7 Å².